The van der Waals surface area contributed by atoms with Gasteiger partial charge in [0.2, 0.25) is 0 Å². The van der Waals surface area contributed by atoms with Crippen molar-refractivity contribution in [3.05, 3.63) is 146 Å². The van der Waals surface area contributed by atoms with Crippen molar-refractivity contribution in [2.45, 2.75) is 182 Å². The first-order valence-corrected chi connectivity index (χ1v) is 35.2. The van der Waals surface area contributed by atoms with Gasteiger partial charge in [0.05, 0.1) is 26.4 Å². The van der Waals surface area contributed by atoms with Crippen LogP contribution in [0.3, 0.4) is 0 Å². The summed E-state index contributed by atoms with van der Waals surface area (Å²) in [4.78, 5) is 4.62. The molecule has 2 N–H and O–H groups in total. The molecule has 9 rings (SSSR count). The number of nitrogens with zero attached hydrogens (tertiary/aromatic N) is 4. The van der Waals surface area contributed by atoms with E-state index in [-0.39, 0.29) is 15.4 Å². The van der Waals surface area contributed by atoms with Crippen LogP contribution in [0.5, 0.6) is 23.0 Å². The predicted molar refractivity (Wildman–Crippen MR) is 366 cm³/mol. The number of anilines is 8. The molecule has 2 heterocycles. The minimum atomic E-state index is -0.0639. The van der Waals surface area contributed by atoms with Gasteiger partial charge in [-0.3, -0.25) is 0 Å². The number of fused-ring (bicyclic) bond motifs is 2. The van der Waals surface area contributed by atoms with Crippen LogP contribution in [-0.2, 0) is 0 Å². The van der Waals surface area contributed by atoms with Gasteiger partial charge < -0.3 is 18.9 Å². The van der Waals surface area contributed by atoms with Gasteiger partial charge in [-0.15, -0.1) is 0 Å². The van der Waals surface area contributed by atoms with Crippen LogP contribution in [0.1, 0.15) is 182 Å². The van der Waals surface area contributed by atoms with Gasteiger partial charge in [-0.25, -0.2) is 0 Å². The zero-order valence-corrected chi connectivity index (χ0v) is 54.4. The SMILES string of the molecule is CCCCCCCCOc1ccc(N(c2ccc(OCCCCCCCC)cc2)c2ccc(-c3c4c(c(-c5ccc(N(c6ccc(OCCCCCCCC)cc6)c6ccc(OCCCCCCCC)cc6)cc5)c5nsnc35)N[Se]N4)cc2)cc1. The van der Waals surface area contributed by atoms with E-state index < -0.39 is 0 Å². The molecule has 0 radical (unpaired) electrons. The number of ether oxygens (including phenoxy) is 4. The summed E-state index contributed by atoms with van der Waals surface area (Å²) in [7, 11) is 0. The Balaban J connectivity index is 0.957. The third-order valence-electron chi connectivity index (χ3n) is 16.3. The first-order chi connectivity index (χ1) is 42.6. The van der Waals surface area contributed by atoms with E-state index in [9.17, 15) is 0 Å². The summed E-state index contributed by atoms with van der Waals surface area (Å²) in [6.45, 7) is 12.0. The van der Waals surface area contributed by atoms with Gasteiger partial charge in [0, 0.05) is 0 Å². The minimum absolute atomic E-state index is 0.0639. The molecule has 7 aromatic carbocycles. The Labute approximate surface area is 525 Å². The van der Waals surface area contributed by atoms with Crippen LogP contribution in [0.25, 0.3) is 33.3 Å². The summed E-state index contributed by atoms with van der Waals surface area (Å²) in [5.74, 6) is 3.58. The van der Waals surface area contributed by atoms with Crippen molar-refractivity contribution >= 4 is 83.7 Å². The summed E-state index contributed by atoms with van der Waals surface area (Å²) in [5.41, 5.74) is 14.4. The van der Waals surface area contributed by atoms with Gasteiger partial charge >= 0.3 is 302 Å². The molecular weight excluding hydrogens is 1150 g/mol. The molecule has 0 amide bonds. The topological polar surface area (TPSA) is 93.2 Å². The maximum absolute atomic E-state index is 6.25. The van der Waals surface area contributed by atoms with E-state index >= 15 is 0 Å². The summed E-state index contributed by atoms with van der Waals surface area (Å²) < 4.78 is 42.6. The molecule has 456 valence electrons. The molecule has 1 aromatic heterocycles. The number of nitrogens with one attached hydrogen (secondary N) is 2. The van der Waals surface area contributed by atoms with E-state index in [2.05, 4.69) is 192 Å². The fourth-order valence-corrected chi connectivity index (χ4v) is 13.4. The third-order valence-corrected chi connectivity index (χ3v) is 18.1. The summed E-state index contributed by atoms with van der Waals surface area (Å²) in [6, 6.07) is 52.0. The molecule has 0 fully saturated rings. The van der Waals surface area contributed by atoms with Crippen LogP contribution in [0.2, 0.25) is 0 Å². The fraction of sp³-hybridized carbons (Fsp3) is 0.432. The van der Waals surface area contributed by atoms with Gasteiger partial charge in [-0.2, -0.15) is 0 Å². The number of hydrogen-bond donors (Lipinski definition) is 2. The molecule has 1 aliphatic rings. The van der Waals surface area contributed by atoms with Crippen molar-refractivity contribution in [3.8, 4) is 45.3 Å². The Kier molecular flexibility index (Phi) is 26.1. The first kappa shape index (κ1) is 63.8. The predicted octanol–water partition coefficient (Wildman–Crippen LogP) is 22.3. The Morgan fingerprint density at radius 3 is 0.802 bits per heavy atom. The molecule has 0 spiro atoms. The second kappa shape index (κ2) is 35.2. The molecule has 1 aliphatic heterocycles. The zero-order chi connectivity index (χ0) is 59.4. The Morgan fingerprint density at radius 2 is 0.547 bits per heavy atom. The summed E-state index contributed by atoms with van der Waals surface area (Å²) >= 11 is 1.20. The molecule has 0 atom stereocenters. The number of rotatable bonds is 40. The van der Waals surface area contributed by atoms with Gasteiger partial charge in [0.15, 0.2) is 0 Å². The second-order valence-corrected chi connectivity index (χ2v) is 24.8. The fourth-order valence-electron chi connectivity index (χ4n) is 11.4. The van der Waals surface area contributed by atoms with Gasteiger partial charge in [0.25, 0.3) is 0 Å². The quantitative estimate of drug-likeness (QED) is 0.0286. The van der Waals surface area contributed by atoms with E-state index in [1.165, 1.54) is 140 Å². The second-order valence-electron chi connectivity index (χ2n) is 23.0. The van der Waals surface area contributed by atoms with E-state index in [1.807, 2.05) is 0 Å². The number of hydrogen-bond acceptors (Lipinski definition) is 11. The van der Waals surface area contributed by atoms with Crippen LogP contribution in [0.15, 0.2) is 146 Å². The van der Waals surface area contributed by atoms with Crippen molar-refractivity contribution < 1.29 is 18.9 Å². The van der Waals surface area contributed by atoms with Crippen LogP contribution in [-0.4, -0.2) is 50.6 Å². The van der Waals surface area contributed by atoms with Crippen molar-refractivity contribution in [1.29, 1.82) is 0 Å². The maximum atomic E-state index is 6.25. The van der Waals surface area contributed by atoms with E-state index in [1.54, 1.807) is 0 Å². The third kappa shape index (κ3) is 18.2. The van der Waals surface area contributed by atoms with Crippen molar-refractivity contribution in [3.63, 3.8) is 0 Å². The van der Waals surface area contributed by atoms with Gasteiger partial charge in [-0.05, 0) is 25.7 Å². The monoisotopic (exact) mass is 1240 g/mol. The van der Waals surface area contributed by atoms with Gasteiger partial charge in [0.1, 0.15) is 0 Å². The van der Waals surface area contributed by atoms with E-state index in [0.29, 0.717) is 0 Å². The molecule has 0 unspecified atom stereocenters. The molecule has 0 bridgehead atoms. The average Bonchev–Trinajstić information content (AvgIpc) is 1.76. The molecule has 12 heteroatoms. The standard InChI is InChI=1S/C74H94N6O4SSe/c1-5-9-13-17-21-25-53-81-65-45-37-61(38-46-65)79(62-39-47-66(48-40-62)82-54-26-22-18-14-10-6-2)59-33-29-57(30-34-59)69-71-72(76-85-75-71)70(74-73(69)77-86-78-74)58-31-35-60(36-32-58)80(63-41-49-67(50-42-63)83-55-27-23-19-15-11-7-3)64-43-51-68(52-44-64)84-56-28-24-20-16-12-8-4/h29-52,77-78H,5-28,53-56H2,1-4H3. The first-order valence-electron chi connectivity index (χ1n) is 32.8. The normalized spacial score (nSPS) is 11.8. The summed E-state index contributed by atoms with van der Waals surface area (Å²) in [5, 5.41) is 0. The van der Waals surface area contributed by atoms with E-state index in [4.69, 9.17) is 27.7 Å². The van der Waals surface area contributed by atoms with Crippen LogP contribution in [0.4, 0.5) is 45.5 Å². The molecule has 0 aliphatic carbocycles. The zero-order valence-electron chi connectivity index (χ0n) is 51.9. The Bertz CT molecular complexity index is 2860. The van der Waals surface area contributed by atoms with Crippen LogP contribution in [0, 0.1) is 0 Å². The molecule has 0 saturated carbocycles. The number of aromatic nitrogens is 2. The van der Waals surface area contributed by atoms with Crippen molar-refractivity contribution in [2.75, 3.05) is 44.9 Å². The van der Waals surface area contributed by atoms with Crippen LogP contribution >= 0.6 is 11.7 Å². The van der Waals surface area contributed by atoms with Gasteiger partial charge in [-0.1, -0.05) is 156 Å². The average molecular weight is 1240 g/mol. The van der Waals surface area contributed by atoms with Crippen molar-refractivity contribution in [2.24, 2.45) is 0 Å². The molecule has 0 saturated heterocycles. The summed E-state index contributed by atoms with van der Waals surface area (Å²) in [6.07, 6.45) is 29.7. The molecule has 86 heavy (non-hydrogen) atoms. The van der Waals surface area contributed by atoms with E-state index in [0.717, 1.165) is 154 Å². The Morgan fingerprint density at radius 1 is 0.314 bits per heavy atom. The molecule has 10 nitrogen and oxygen atoms in total. The molecule has 8 aromatic rings. The van der Waals surface area contributed by atoms with Crippen LogP contribution < -0.4 is 37.4 Å². The number of unbranched alkanes of at least 4 members (excludes halogenated alkanes) is 20. The number of benzene rings is 7. The van der Waals surface area contributed by atoms with Crippen molar-refractivity contribution in [1.82, 2.24) is 8.75 Å². The molecular formula is C74H94N6O4SSe. The Hall–Kier alpha value is -6.72.